The second-order valence-electron chi connectivity index (χ2n) is 5.92. The Morgan fingerprint density at radius 2 is 2.04 bits per heavy atom. The van der Waals surface area contributed by atoms with E-state index < -0.39 is 10.7 Å². The van der Waals surface area contributed by atoms with Crippen LogP contribution in [0, 0.1) is 10.1 Å². The maximum Gasteiger partial charge on any atom is 0.420 e. The SMILES string of the molecule is COc1ccccc1CN(C)C(=O)Cn1c(=O)oc2cc([N+](=O)[O-])ccc21. The molecule has 0 fully saturated rings. The highest BCUT2D eigenvalue weighted by Gasteiger charge is 2.18. The fourth-order valence-corrected chi connectivity index (χ4v) is 2.75. The molecular weight excluding hydrogens is 354 g/mol. The number of hydrogen-bond donors (Lipinski definition) is 0. The number of nitrogens with zero attached hydrogens (tertiary/aromatic N) is 3. The molecule has 0 spiro atoms. The van der Waals surface area contributed by atoms with Crippen molar-refractivity contribution in [2.45, 2.75) is 13.1 Å². The summed E-state index contributed by atoms with van der Waals surface area (Å²) in [4.78, 5) is 36.4. The van der Waals surface area contributed by atoms with Crippen LogP contribution in [0.25, 0.3) is 11.1 Å². The van der Waals surface area contributed by atoms with Crippen LogP contribution in [-0.4, -0.2) is 34.5 Å². The third-order valence-corrected chi connectivity index (χ3v) is 4.18. The van der Waals surface area contributed by atoms with Gasteiger partial charge in [-0.2, -0.15) is 0 Å². The molecule has 1 heterocycles. The molecule has 0 N–H and O–H groups in total. The van der Waals surface area contributed by atoms with Gasteiger partial charge in [0.2, 0.25) is 5.91 Å². The van der Waals surface area contributed by atoms with Crippen molar-refractivity contribution < 1.29 is 18.9 Å². The molecule has 0 saturated carbocycles. The van der Waals surface area contributed by atoms with E-state index in [0.717, 1.165) is 16.2 Å². The Bertz CT molecular complexity index is 1070. The average molecular weight is 371 g/mol. The van der Waals surface area contributed by atoms with Gasteiger partial charge in [-0.15, -0.1) is 0 Å². The fourth-order valence-electron chi connectivity index (χ4n) is 2.75. The number of hydrogen-bond acceptors (Lipinski definition) is 6. The van der Waals surface area contributed by atoms with Gasteiger partial charge >= 0.3 is 5.76 Å². The van der Waals surface area contributed by atoms with E-state index in [4.69, 9.17) is 9.15 Å². The van der Waals surface area contributed by atoms with E-state index >= 15 is 0 Å². The Morgan fingerprint density at radius 1 is 1.30 bits per heavy atom. The first-order valence-electron chi connectivity index (χ1n) is 8.04. The summed E-state index contributed by atoms with van der Waals surface area (Å²) in [7, 11) is 3.17. The lowest BCUT2D eigenvalue weighted by Gasteiger charge is -2.19. The van der Waals surface area contributed by atoms with Crippen LogP contribution in [0.3, 0.4) is 0 Å². The van der Waals surface area contributed by atoms with Gasteiger partial charge in [-0.3, -0.25) is 19.5 Å². The minimum atomic E-state index is -0.746. The second kappa shape index (κ2) is 7.32. The molecule has 9 nitrogen and oxygen atoms in total. The normalized spacial score (nSPS) is 10.7. The summed E-state index contributed by atoms with van der Waals surface area (Å²) in [5.74, 6) is -0.399. The number of aromatic nitrogens is 1. The minimum Gasteiger partial charge on any atom is -0.496 e. The van der Waals surface area contributed by atoms with E-state index in [1.807, 2.05) is 18.2 Å². The number of nitro groups is 1. The Labute approximate surface area is 153 Å². The number of nitro benzene ring substituents is 1. The Kier molecular flexibility index (Phi) is 4.93. The van der Waals surface area contributed by atoms with Crippen molar-refractivity contribution >= 4 is 22.7 Å². The standard InChI is InChI=1S/C18H17N3O6/c1-19(10-12-5-3-4-6-15(12)26-2)17(22)11-20-14-8-7-13(21(24)25)9-16(14)27-18(20)23/h3-9H,10-11H2,1-2H3. The van der Waals surface area contributed by atoms with E-state index in [9.17, 15) is 19.7 Å². The van der Waals surface area contributed by atoms with Gasteiger partial charge in [0.15, 0.2) is 5.58 Å². The van der Waals surface area contributed by atoms with Crippen molar-refractivity contribution in [2.75, 3.05) is 14.2 Å². The van der Waals surface area contributed by atoms with E-state index in [2.05, 4.69) is 0 Å². The van der Waals surface area contributed by atoms with Gasteiger partial charge in [0.25, 0.3) is 5.69 Å². The maximum atomic E-state index is 12.6. The number of non-ortho nitro benzene ring substituents is 1. The van der Waals surface area contributed by atoms with E-state index in [0.29, 0.717) is 17.8 Å². The van der Waals surface area contributed by atoms with Gasteiger partial charge < -0.3 is 14.1 Å². The lowest BCUT2D eigenvalue weighted by Crippen LogP contribution is -2.32. The predicted octanol–water partition coefficient (Wildman–Crippen LogP) is 2.17. The molecule has 0 radical (unpaired) electrons. The van der Waals surface area contributed by atoms with Crippen LogP contribution in [0.4, 0.5) is 5.69 Å². The molecule has 1 aromatic heterocycles. The first-order chi connectivity index (χ1) is 12.9. The monoisotopic (exact) mass is 371 g/mol. The molecule has 9 heteroatoms. The summed E-state index contributed by atoms with van der Waals surface area (Å²) < 4.78 is 11.5. The van der Waals surface area contributed by atoms with Crippen molar-refractivity contribution in [1.29, 1.82) is 0 Å². The van der Waals surface area contributed by atoms with E-state index in [1.54, 1.807) is 20.2 Å². The Balaban J connectivity index is 1.82. The molecule has 0 aliphatic rings. The summed E-state index contributed by atoms with van der Waals surface area (Å²) in [6.45, 7) is 0.0636. The molecule has 0 aliphatic carbocycles. The summed E-state index contributed by atoms with van der Waals surface area (Å²) in [5, 5.41) is 10.8. The number of amides is 1. The van der Waals surface area contributed by atoms with Gasteiger partial charge in [-0.1, -0.05) is 18.2 Å². The second-order valence-corrected chi connectivity index (χ2v) is 5.92. The zero-order valence-electron chi connectivity index (χ0n) is 14.7. The molecule has 140 valence electrons. The zero-order chi connectivity index (χ0) is 19.6. The first-order valence-corrected chi connectivity index (χ1v) is 8.04. The van der Waals surface area contributed by atoms with Crippen LogP contribution in [-0.2, 0) is 17.9 Å². The largest absolute Gasteiger partial charge is 0.496 e. The molecule has 0 bridgehead atoms. The van der Waals surface area contributed by atoms with Gasteiger partial charge in [0, 0.05) is 25.2 Å². The molecule has 3 rings (SSSR count). The molecule has 2 aromatic carbocycles. The van der Waals surface area contributed by atoms with Crippen molar-refractivity contribution in [2.24, 2.45) is 0 Å². The quantitative estimate of drug-likeness (QED) is 0.485. The lowest BCUT2D eigenvalue weighted by molar-refractivity contribution is -0.384. The average Bonchev–Trinajstić information content (AvgIpc) is 2.96. The molecule has 0 saturated heterocycles. The maximum absolute atomic E-state index is 12.6. The molecule has 0 atom stereocenters. The smallest absolute Gasteiger partial charge is 0.420 e. The molecular formula is C18H17N3O6. The Hall–Kier alpha value is -3.62. The highest BCUT2D eigenvalue weighted by Crippen LogP contribution is 2.21. The van der Waals surface area contributed by atoms with Crippen LogP contribution >= 0.6 is 0 Å². The number of benzene rings is 2. The highest BCUT2D eigenvalue weighted by molar-refractivity contribution is 5.80. The highest BCUT2D eigenvalue weighted by atomic mass is 16.6. The molecule has 27 heavy (non-hydrogen) atoms. The summed E-state index contributed by atoms with van der Waals surface area (Å²) in [6, 6.07) is 11.1. The summed E-state index contributed by atoms with van der Waals surface area (Å²) in [6.07, 6.45) is 0. The van der Waals surface area contributed by atoms with Gasteiger partial charge in [-0.05, 0) is 12.1 Å². The third kappa shape index (κ3) is 3.66. The number of ether oxygens (including phenoxy) is 1. The van der Waals surface area contributed by atoms with Gasteiger partial charge in [-0.25, -0.2) is 4.79 Å². The number of oxazole rings is 1. The number of likely N-dealkylation sites (N-methyl/N-ethyl adjacent to an activating group) is 1. The minimum absolute atomic E-state index is 0.0642. The first kappa shape index (κ1) is 18.2. The van der Waals surface area contributed by atoms with Gasteiger partial charge in [0.1, 0.15) is 12.3 Å². The van der Waals surface area contributed by atoms with Crippen molar-refractivity contribution in [1.82, 2.24) is 9.47 Å². The molecule has 3 aromatic rings. The number of methoxy groups -OCH3 is 1. The van der Waals surface area contributed by atoms with Crippen LogP contribution in [0.1, 0.15) is 5.56 Å². The Morgan fingerprint density at radius 3 is 2.74 bits per heavy atom. The lowest BCUT2D eigenvalue weighted by atomic mass is 10.2. The summed E-state index contributed by atoms with van der Waals surface area (Å²) >= 11 is 0. The third-order valence-electron chi connectivity index (χ3n) is 4.18. The number of fused-ring (bicyclic) bond motifs is 1. The van der Waals surface area contributed by atoms with E-state index in [1.165, 1.54) is 17.0 Å². The number of para-hydroxylation sites is 1. The van der Waals surface area contributed by atoms with Crippen LogP contribution in [0.2, 0.25) is 0 Å². The van der Waals surface area contributed by atoms with Crippen LogP contribution in [0.15, 0.2) is 51.7 Å². The molecule has 0 aliphatic heterocycles. The number of carbonyl (C=O) groups excluding carboxylic acids is 1. The predicted molar refractivity (Wildman–Crippen MR) is 96.6 cm³/mol. The number of rotatable bonds is 6. The topological polar surface area (TPSA) is 108 Å². The van der Waals surface area contributed by atoms with Crippen molar-refractivity contribution in [3.05, 3.63) is 68.7 Å². The summed E-state index contributed by atoms with van der Waals surface area (Å²) in [5.41, 5.74) is 1.03. The zero-order valence-corrected chi connectivity index (χ0v) is 14.7. The van der Waals surface area contributed by atoms with Gasteiger partial charge in [0.05, 0.1) is 23.6 Å². The molecule has 0 unspecified atom stereocenters. The van der Waals surface area contributed by atoms with E-state index in [-0.39, 0.29) is 23.7 Å². The van der Waals surface area contributed by atoms with Crippen molar-refractivity contribution in [3.63, 3.8) is 0 Å². The van der Waals surface area contributed by atoms with Crippen LogP contribution in [0.5, 0.6) is 5.75 Å². The van der Waals surface area contributed by atoms with Crippen molar-refractivity contribution in [3.8, 4) is 5.75 Å². The number of carbonyl (C=O) groups is 1. The van der Waals surface area contributed by atoms with Crippen LogP contribution < -0.4 is 10.5 Å². The fraction of sp³-hybridized carbons (Fsp3) is 0.222. The molecule has 1 amide bonds.